The number of imidazole rings is 1. The highest BCUT2D eigenvalue weighted by Crippen LogP contribution is 2.20. The maximum absolute atomic E-state index is 13.1. The summed E-state index contributed by atoms with van der Waals surface area (Å²) in [5.41, 5.74) is 1.76. The average Bonchev–Trinajstić information content (AvgIpc) is 3.45. The van der Waals surface area contributed by atoms with Crippen molar-refractivity contribution in [3.8, 4) is 17.3 Å². The zero-order valence-electron chi connectivity index (χ0n) is 17.1. The Hall–Kier alpha value is -3.88. The lowest BCUT2D eigenvalue weighted by Crippen LogP contribution is -2.26. The first-order valence-electron chi connectivity index (χ1n) is 9.93. The van der Waals surface area contributed by atoms with Gasteiger partial charge in [0.1, 0.15) is 23.7 Å². The van der Waals surface area contributed by atoms with Crippen LogP contribution in [0.4, 0.5) is 4.39 Å². The van der Waals surface area contributed by atoms with Gasteiger partial charge >= 0.3 is 0 Å². The number of pyridine rings is 1. The lowest BCUT2D eigenvalue weighted by molar-refractivity contribution is 0.0935. The first-order chi connectivity index (χ1) is 15.0. The number of nitrogens with one attached hydrogen (secondary N) is 1. The molecular formula is C22H21FN6O2. The summed E-state index contributed by atoms with van der Waals surface area (Å²) in [4.78, 5) is 25.5. The Bertz CT molecular complexity index is 1180. The highest BCUT2D eigenvalue weighted by Gasteiger charge is 2.15. The van der Waals surface area contributed by atoms with Crippen LogP contribution in [0.3, 0.4) is 0 Å². The minimum atomic E-state index is -0.340. The van der Waals surface area contributed by atoms with E-state index in [-0.39, 0.29) is 23.5 Å². The molecule has 0 aliphatic carbocycles. The third-order valence-corrected chi connectivity index (χ3v) is 4.73. The summed E-state index contributed by atoms with van der Waals surface area (Å²) in [6.45, 7) is 3.87. The number of rotatable bonds is 7. The summed E-state index contributed by atoms with van der Waals surface area (Å²) in [5, 5.41) is 6.83. The number of nitrogens with zero attached hydrogens (tertiary/aromatic N) is 5. The maximum Gasteiger partial charge on any atom is 0.271 e. The van der Waals surface area contributed by atoms with Gasteiger partial charge in [-0.3, -0.25) is 9.36 Å². The lowest BCUT2D eigenvalue weighted by atomic mass is 10.1. The van der Waals surface area contributed by atoms with E-state index in [0.29, 0.717) is 17.5 Å². The SMILES string of the molecule is CCCc1noc(-c2ccnc(-n3cnc(C(=O)N[C@@H](C)c4ccc(F)cc4)c3)c2)n1. The van der Waals surface area contributed by atoms with Gasteiger partial charge in [-0.1, -0.05) is 24.2 Å². The average molecular weight is 420 g/mol. The Morgan fingerprint density at radius 1 is 1.23 bits per heavy atom. The normalized spacial score (nSPS) is 12.0. The van der Waals surface area contributed by atoms with Gasteiger partial charge < -0.3 is 9.84 Å². The second-order valence-electron chi connectivity index (χ2n) is 7.08. The van der Waals surface area contributed by atoms with Gasteiger partial charge in [0.05, 0.1) is 6.04 Å². The van der Waals surface area contributed by atoms with Crippen molar-refractivity contribution in [2.24, 2.45) is 0 Å². The Labute approximate surface area is 178 Å². The number of aromatic nitrogens is 5. The molecule has 1 atom stereocenters. The molecule has 3 heterocycles. The monoisotopic (exact) mass is 420 g/mol. The number of carbonyl (C=O) groups is 1. The molecule has 0 spiro atoms. The predicted octanol–water partition coefficient (Wildman–Crippen LogP) is 3.90. The van der Waals surface area contributed by atoms with Gasteiger partial charge in [-0.05, 0) is 43.2 Å². The van der Waals surface area contributed by atoms with E-state index in [9.17, 15) is 9.18 Å². The Balaban J connectivity index is 1.49. The molecule has 0 aliphatic rings. The van der Waals surface area contributed by atoms with Crippen molar-refractivity contribution in [3.05, 3.63) is 78.0 Å². The summed E-state index contributed by atoms with van der Waals surface area (Å²) in [7, 11) is 0. The van der Waals surface area contributed by atoms with Gasteiger partial charge in [-0.25, -0.2) is 14.4 Å². The number of halogens is 1. The number of aryl methyl sites for hydroxylation is 1. The Morgan fingerprint density at radius 3 is 2.81 bits per heavy atom. The third-order valence-electron chi connectivity index (χ3n) is 4.73. The van der Waals surface area contributed by atoms with E-state index in [0.717, 1.165) is 24.0 Å². The smallest absolute Gasteiger partial charge is 0.271 e. The second-order valence-corrected chi connectivity index (χ2v) is 7.08. The van der Waals surface area contributed by atoms with Crippen LogP contribution < -0.4 is 5.32 Å². The van der Waals surface area contributed by atoms with E-state index in [4.69, 9.17) is 4.52 Å². The zero-order valence-corrected chi connectivity index (χ0v) is 17.1. The molecule has 0 bridgehead atoms. The van der Waals surface area contributed by atoms with Crippen molar-refractivity contribution in [2.45, 2.75) is 32.7 Å². The molecule has 1 amide bonds. The van der Waals surface area contributed by atoms with Crippen LogP contribution in [0, 0.1) is 5.82 Å². The molecule has 158 valence electrons. The molecule has 9 heteroatoms. The first kappa shape index (κ1) is 20.4. The quantitative estimate of drug-likeness (QED) is 0.487. The van der Waals surface area contributed by atoms with Gasteiger partial charge in [0.15, 0.2) is 5.82 Å². The fraction of sp³-hybridized carbons (Fsp3) is 0.227. The molecule has 31 heavy (non-hydrogen) atoms. The number of amides is 1. The van der Waals surface area contributed by atoms with Crippen LogP contribution in [0.25, 0.3) is 17.3 Å². The van der Waals surface area contributed by atoms with Crippen LogP contribution in [0.5, 0.6) is 0 Å². The van der Waals surface area contributed by atoms with Crippen molar-refractivity contribution >= 4 is 5.91 Å². The van der Waals surface area contributed by atoms with Gasteiger partial charge in [0.2, 0.25) is 0 Å². The third kappa shape index (κ3) is 4.66. The van der Waals surface area contributed by atoms with Gasteiger partial charge in [0, 0.05) is 24.4 Å². The van der Waals surface area contributed by atoms with Gasteiger partial charge in [-0.2, -0.15) is 4.98 Å². The predicted molar refractivity (Wildman–Crippen MR) is 111 cm³/mol. The van der Waals surface area contributed by atoms with E-state index in [2.05, 4.69) is 25.4 Å². The minimum absolute atomic E-state index is 0.240. The van der Waals surface area contributed by atoms with Gasteiger partial charge in [0.25, 0.3) is 11.8 Å². The van der Waals surface area contributed by atoms with Crippen LogP contribution in [0.1, 0.15) is 48.2 Å². The molecule has 0 saturated carbocycles. The topological polar surface area (TPSA) is 98.7 Å². The van der Waals surface area contributed by atoms with Crippen molar-refractivity contribution in [2.75, 3.05) is 0 Å². The van der Waals surface area contributed by atoms with Gasteiger partial charge in [-0.15, -0.1) is 0 Å². The van der Waals surface area contributed by atoms with Crippen LogP contribution in [-0.4, -0.2) is 30.6 Å². The summed E-state index contributed by atoms with van der Waals surface area (Å²) in [5.74, 6) is 0.975. The van der Waals surface area contributed by atoms with Crippen molar-refractivity contribution < 1.29 is 13.7 Å². The zero-order chi connectivity index (χ0) is 21.8. The van der Waals surface area contributed by atoms with Crippen molar-refractivity contribution in [1.29, 1.82) is 0 Å². The van der Waals surface area contributed by atoms with Crippen LogP contribution >= 0.6 is 0 Å². The molecule has 0 aliphatic heterocycles. The fourth-order valence-corrected chi connectivity index (χ4v) is 3.06. The molecule has 0 radical (unpaired) electrons. The summed E-state index contributed by atoms with van der Waals surface area (Å²) >= 11 is 0. The maximum atomic E-state index is 13.1. The highest BCUT2D eigenvalue weighted by atomic mass is 19.1. The first-order valence-corrected chi connectivity index (χ1v) is 9.93. The molecule has 0 fully saturated rings. The summed E-state index contributed by atoms with van der Waals surface area (Å²) in [6.07, 6.45) is 6.41. The van der Waals surface area contributed by atoms with Crippen LogP contribution in [-0.2, 0) is 6.42 Å². The Morgan fingerprint density at radius 2 is 2.03 bits per heavy atom. The molecule has 1 aromatic carbocycles. The van der Waals surface area contributed by atoms with Crippen molar-refractivity contribution in [1.82, 2.24) is 30.0 Å². The number of hydrogen-bond donors (Lipinski definition) is 1. The molecule has 4 aromatic rings. The largest absolute Gasteiger partial charge is 0.344 e. The van der Waals surface area contributed by atoms with E-state index in [1.807, 2.05) is 13.8 Å². The molecule has 0 saturated heterocycles. The lowest BCUT2D eigenvalue weighted by Gasteiger charge is -2.13. The number of hydrogen-bond acceptors (Lipinski definition) is 6. The number of benzene rings is 1. The van der Waals surface area contributed by atoms with Crippen LogP contribution in [0.15, 0.2) is 59.6 Å². The van der Waals surface area contributed by atoms with E-state index in [1.54, 1.807) is 41.2 Å². The molecule has 8 nitrogen and oxygen atoms in total. The molecule has 0 unspecified atom stereocenters. The van der Waals surface area contributed by atoms with E-state index >= 15 is 0 Å². The summed E-state index contributed by atoms with van der Waals surface area (Å²) < 4.78 is 20.1. The highest BCUT2D eigenvalue weighted by molar-refractivity contribution is 5.92. The summed E-state index contributed by atoms with van der Waals surface area (Å²) in [6, 6.07) is 9.26. The minimum Gasteiger partial charge on any atom is -0.344 e. The molecule has 1 N–H and O–H groups in total. The molecule has 3 aromatic heterocycles. The van der Waals surface area contributed by atoms with E-state index < -0.39 is 0 Å². The van der Waals surface area contributed by atoms with Crippen LogP contribution in [0.2, 0.25) is 0 Å². The molecular weight excluding hydrogens is 399 g/mol. The fourth-order valence-electron chi connectivity index (χ4n) is 3.06. The standard InChI is InChI=1S/C22H21FN6O2/c1-3-4-19-27-22(31-28-19)16-9-10-24-20(11-16)29-12-18(25-13-29)21(30)26-14(2)15-5-7-17(23)8-6-15/h5-14H,3-4H2,1-2H3,(H,26,30)/t14-/m0/s1. The van der Waals surface area contributed by atoms with Crippen molar-refractivity contribution in [3.63, 3.8) is 0 Å². The second kappa shape index (κ2) is 8.86. The van der Waals surface area contributed by atoms with E-state index in [1.165, 1.54) is 18.5 Å². The Kier molecular flexibility index (Phi) is 5.83. The number of carbonyl (C=O) groups excluding carboxylic acids is 1. The molecule has 4 rings (SSSR count).